The van der Waals surface area contributed by atoms with Crippen molar-refractivity contribution in [2.75, 3.05) is 10.6 Å². The highest BCUT2D eigenvalue weighted by Gasteiger charge is 2.38. The van der Waals surface area contributed by atoms with Gasteiger partial charge in [0.2, 0.25) is 5.91 Å². The van der Waals surface area contributed by atoms with Gasteiger partial charge in [0.25, 0.3) is 5.91 Å². The smallest absolute Gasteiger partial charge is 0.255 e. The van der Waals surface area contributed by atoms with E-state index in [1.807, 2.05) is 0 Å². The summed E-state index contributed by atoms with van der Waals surface area (Å²) >= 11 is 0. The van der Waals surface area contributed by atoms with E-state index in [-0.39, 0.29) is 79.3 Å². The van der Waals surface area contributed by atoms with Gasteiger partial charge in [-0.15, -0.1) is 0 Å². The lowest BCUT2D eigenvalue weighted by Crippen LogP contribution is -2.27. The highest BCUT2D eigenvalue weighted by Crippen LogP contribution is 2.43. The number of carbonyl (C=O) groups excluding carboxylic acids is 6. The Morgan fingerprint density at radius 1 is 0.404 bits per heavy atom. The molecule has 0 bridgehead atoms. The van der Waals surface area contributed by atoms with E-state index in [1.54, 1.807) is 103 Å². The average Bonchev–Trinajstić information content (AvgIpc) is 3.24. The molecule has 0 radical (unpaired) electrons. The zero-order valence-corrected chi connectivity index (χ0v) is 32.2. The fraction of sp³-hybridized carbons (Fsp3) is 0.265. The summed E-state index contributed by atoms with van der Waals surface area (Å²) in [4.78, 5) is 84.2. The summed E-state index contributed by atoms with van der Waals surface area (Å²) in [6.07, 6.45) is 13.0. The van der Waals surface area contributed by atoms with Crippen LogP contribution in [-0.2, 0) is 4.79 Å². The van der Waals surface area contributed by atoms with E-state index in [0.717, 1.165) is 19.3 Å². The van der Waals surface area contributed by atoms with Gasteiger partial charge in [-0.1, -0.05) is 150 Å². The van der Waals surface area contributed by atoms with Gasteiger partial charge in [-0.25, -0.2) is 0 Å². The Kier molecular flexibility index (Phi) is 12.1. The molecule has 0 fully saturated rings. The predicted octanol–water partition coefficient (Wildman–Crippen LogP) is 10.8. The number of nitrogens with one attached hydrogen (secondary N) is 2. The van der Waals surface area contributed by atoms with Crippen LogP contribution < -0.4 is 10.6 Å². The molecule has 5 aromatic rings. The highest BCUT2D eigenvalue weighted by atomic mass is 16.2. The second kappa shape index (κ2) is 17.7. The van der Waals surface area contributed by atoms with Crippen LogP contribution >= 0.6 is 0 Å². The molecule has 8 heteroatoms. The number of ketones is 4. The number of hydrogen-bond donors (Lipinski definition) is 2. The molecular weight excluding hydrogens is 713 g/mol. The fourth-order valence-corrected chi connectivity index (χ4v) is 8.05. The van der Waals surface area contributed by atoms with Gasteiger partial charge < -0.3 is 10.6 Å². The first-order valence-electron chi connectivity index (χ1n) is 20.2. The van der Waals surface area contributed by atoms with E-state index in [1.165, 1.54) is 44.9 Å². The van der Waals surface area contributed by atoms with E-state index in [2.05, 4.69) is 17.6 Å². The van der Waals surface area contributed by atoms with Crippen molar-refractivity contribution in [2.45, 2.75) is 84.0 Å². The van der Waals surface area contributed by atoms with Gasteiger partial charge in [-0.05, 0) is 41.8 Å². The van der Waals surface area contributed by atoms with Crippen molar-refractivity contribution in [3.8, 4) is 11.1 Å². The molecule has 7 rings (SSSR count). The largest absolute Gasteiger partial charge is 0.325 e. The van der Waals surface area contributed by atoms with Gasteiger partial charge in [-0.3, -0.25) is 28.8 Å². The normalized spacial score (nSPS) is 12.7. The molecule has 2 aliphatic rings. The maximum absolute atomic E-state index is 14.5. The third-order valence-corrected chi connectivity index (χ3v) is 11.0. The van der Waals surface area contributed by atoms with Crippen LogP contribution in [0, 0.1) is 0 Å². The molecule has 5 aromatic carbocycles. The predicted molar refractivity (Wildman–Crippen MR) is 223 cm³/mol. The van der Waals surface area contributed by atoms with Crippen LogP contribution in [0.25, 0.3) is 11.1 Å². The first-order chi connectivity index (χ1) is 27.8. The first-order valence-corrected chi connectivity index (χ1v) is 20.2. The second-order valence-corrected chi connectivity index (χ2v) is 14.9. The molecule has 288 valence electrons. The van der Waals surface area contributed by atoms with Crippen molar-refractivity contribution >= 4 is 46.3 Å². The van der Waals surface area contributed by atoms with Crippen molar-refractivity contribution < 1.29 is 28.8 Å². The van der Waals surface area contributed by atoms with Crippen molar-refractivity contribution in [3.05, 3.63) is 153 Å². The van der Waals surface area contributed by atoms with Gasteiger partial charge >= 0.3 is 0 Å². The van der Waals surface area contributed by atoms with E-state index in [0.29, 0.717) is 12.0 Å². The number of amides is 2. The summed E-state index contributed by atoms with van der Waals surface area (Å²) in [6, 6.07) is 27.9. The third-order valence-electron chi connectivity index (χ3n) is 11.0. The van der Waals surface area contributed by atoms with Crippen LogP contribution in [0.2, 0.25) is 0 Å². The summed E-state index contributed by atoms with van der Waals surface area (Å²) in [7, 11) is 0. The number of hydrogen-bond acceptors (Lipinski definition) is 6. The Balaban J connectivity index is 1.21. The minimum atomic E-state index is -0.465. The Morgan fingerprint density at radius 2 is 0.789 bits per heavy atom. The van der Waals surface area contributed by atoms with Crippen molar-refractivity contribution in [3.63, 3.8) is 0 Å². The van der Waals surface area contributed by atoms with E-state index in [4.69, 9.17) is 0 Å². The lowest BCUT2D eigenvalue weighted by atomic mass is 9.75. The lowest BCUT2D eigenvalue weighted by molar-refractivity contribution is -0.116. The van der Waals surface area contributed by atoms with Crippen LogP contribution in [0.15, 0.2) is 103 Å². The minimum Gasteiger partial charge on any atom is -0.325 e. The molecule has 0 aliphatic heterocycles. The number of carbonyl (C=O) groups is 6. The zero-order chi connectivity index (χ0) is 39.9. The Hall–Kier alpha value is -6.28. The van der Waals surface area contributed by atoms with Gasteiger partial charge in [-0.2, -0.15) is 0 Å². The molecule has 0 saturated heterocycles. The maximum Gasteiger partial charge on any atom is 0.255 e. The molecular formula is C49H46N2O6. The standard InChI is InChI=1S/C49H46N2O6/c1-2-3-4-5-6-7-8-9-10-11-15-26-40(52)50-38-29-27-32(41-43(38)47(55)36-24-18-16-22-34(36)45(41)53)33-28-30-39(51-49(57)31-20-13-12-14-21-31)44-42(33)46(54)35-23-17-19-25-37(35)48(44)56/h12-14,16-25,27-30H,2-11,15,26H2,1H3,(H,50,52)(H,51,57). The summed E-state index contributed by atoms with van der Waals surface area (Å²) in [5.41, 5.74) is 2.12. The molecule has 2 N–H and O–H groups in total. The van der Waals surface area contributed by atoms with Gasteiger partial charge in [0.15, 0.2) is 23.1 Å². The van der Waals surface area contributed by atoms with Crippen LogP contribution in [0.4, 0.5) is 11.4 Å². The first kappa shape index (κ1) is 39.0. The van der Waals surface area contributed by atoms with Gasteiger partial charge in [0.05, 0.1) is 22.5 Å². The van der Waals surface area contributed by atoms with Crippen LogP contribution in [0.1, 0.15) is 158 Å². The molecule has 0 aromatic heterocycles. The third kappa shape index (κ3) is 8.03. The number of unbranched alkanes of at least 4 members (excludes halogenated alkanes) is 10. The number of benzene rings is 5. The van der Waals surface area contributed by atoms with Crippen molar-refractivity contribution in [2.24, 2.45) is 0 Å². The Labute approximate surface area is 333 Å². The number of fused-ring (bicyclic) bond motifs is 4. The van der Waals surface area contributed by atoms with E-state index >= 15 is 0 Å². The fourth-order valence-electron chi connectivity index (χ4n) is 8.05. The maximum atomic E-state index is 14.5. The van der Waals surface area contributed by atoms with Crippen LogP contribution in [0.5, 0.6) is 0 Å². The topological polar surface area (TPSA) is 126 Å². The summed E-state index contributed by atoms with van der Waals surface area (Å²) in [6.45, 7) is 2.22. The van der Waals surface area contributed by atoms with Gasteiger partial charge in [0.1, 0.15) is 0 Å². The molecule has 2 aliphatic carbocycles. The van der Waals surface area contributed by atoms with Gasteiger partial charge in [0, 0.05) is 45.4 Å². The molecule has 0 unspecified atom stereocenters. The molecule has 0 spiro atoms. The van der Waals surface area contributed by atoms with Crippen molar-refractivity contribution in [1.29, 1.82) is 0 Å². The summed E-state index contributed by atoms with van der Waals surface area (Å²) in [5, 5.41) is 5.75. The highest BCUT2D eigenvalue weighted by molar-refractivity contribution is 6.35. The monoisotopic (exact) mass is 758 g/mol. The lowest BCUT2D eigenvalue weighted by Gasteiger charge is -2.26. The number of rotatable bonds is 16. The molecule has 8 nitrogen and oxygen atoms in total. The quantitative estimate of drug-likeness (QED) is 0.0945. The average molecular weight is 759 g/mol. The SMILES string of the molecule is CCCCCCCCCCCCCC(=O)Nc1ccc(-c2ccc(NC(=O)c3ccccc3)c3c2C(=O)c2ccccc2C3=O)c2c1C(=O)c1ccccc1C2=O. The van der Waals surface area contributed by atoms with E-state index in [9.17, 15) is 28.8 Å². The molecule has 0 heterocycles. The van der Waals surface area contributed by atoms with Crippen LogP contribution in [-0.4, -0.2) is 34.9 Å². The molecule has 2 amide bonds. The van der Waals surface area contributed by atoms with Crippen LogP contribution in [0.3, 0.4) is 0 Å². The molecule has 57 heavy (non-hydrogen) atoms. The summed E-state index contributed by atoms with van der Waals surface area (Å²) < 4.78 is 0. The van der Waals surface area contributed by atoms with Crippen molar-refractivity contribution in [1.82, 2.24) is 0 Å². The van der Waals surface area contributed by atoms with E-state index < -0.39 is 29.0 Å². The molecule has 0 atom stereocenters. The Bertz CT molecular complexity index is 2400. The minimum absolute atomic E-state index is 0.00595. The molecule has 0 saturated carbocycles. The number of anilines is 2. The zero-order valence-electron chi connectivity index (χ0n) is 32.2. The second-order valence-electron chi connectivity index (χ2n) is 14.9. The summed E-state index contributed by atoms with van der Waals surface area (Å²) in [5.74, 6) is -2.51. The Morgan fingerprint density at radius 3 is 1.25 bits per heavy atom.